The van der Waals surface area contributed by atoms with E-state index in [0.29, 0.717) is 5.92 Å². The number of aromatic nitrogens is 3. The number of rotatable bonds is 6. The second kappa shape index (κ2) is 6.83. The first-order valence-corrected chi connectivity index (χ1v) is 7.66. The molecule has 0 aliphatic carbocycles. The van der Waals surface area contributed by atoms with Crippen molar-refractivity contribution in [2.45, 2.75) is 25.4 Å². The maximum absolute atomic E-state index is 4.17. The van der Waals surface area contributed by atoms with E-state index in [0.717, 1.165) is 31.9 Å². The van der Waals surface area contributed by atoms with Gasteiger partial charge in [0.25, 0.3) is 0 Å². The summed E-state index contributed by atoms with van der Waals surface area (Å²) in [5.74, 6) is 0.682. The van der Waals surface area contributed by atoms with Gasteiger partial charge < -0.3 is 10.2 Å². The Morgan fingerprint density at radius 2 is 2.10 bits per heavy atom. The minimum absolute atomic E-state index is 0.682. The van der Waals surface area contributed by atoms with Crippen molar-refractivity contribution in [3.05, 3.63) is 47.8 Å². The van der Waals surface area contributed by atoms with Gasteiger partial charge in [-0.1, -0.05) is 35.5 Å². The number of hydrogen-bond donors (Lipinski definition) is 1. The fraction of sp³-hybridized carbons (Fsp3) is 0.500. The van der Waals surface area contributed by atoms with Gasteiger partial charge in [-0.05, 0) is 31.5 Å². The lowest BCUT2D eigenvalue weighted by atomic mass is 9.99. The predicted octanol–water partition coefficient (Wildman–Crippen LogP) is 1.49. The van der Waals surface area contributed by atoms with Crippen LogP contribution in [0.15, 0.2) is 36.5 Å². The van der Waals surface area contributed by atoms with Gasteiger partial charge in [-0.25, -0.2) is 0 Å². The van der Waals surface area contributed by atoms with Gasteiger partial charge in [0.2, 0.25) is 0 Å². The van der Waals surface area contributed by atoms with Gasteiger partial charge in [0.1, 0.15) is 0 Å². The zero-order valence-electron chi connectivity index (χ0n) is 12.6. The Morgan fingerprint density at radius 3 is 2.90 bits per heavy atom. The summed E-state index contributed by atoms with van der Waals surface area (Å²) in [5.41, 5.74) is 2.47. The molecule has 21 heavy (non-hydrogen) atoms. The van der Waals surface area contributed by atoms with Crippen LogP contribution < -0.4 is 5.32 Å². The molecule has 1 aromatic heterocycles. The Kier molecular flexibility index (Phi) is 4.62. The molecule has 0 saturated carbocycles. The first kappa shape index (κ1) is 14.2. The molecule has 3 rings (SSSR count). The Balaban J connectivity index is 1.48. The summed E-state index contributed by atoms with van der Waals surface area (Å²) in [4.78, 5) is 2.52. The van der Waals surface area contributed by atoms with Crippen molar-refractivity contribution in [2.75, 3.05) is 26.7 Å². The molecule has 2 heterocycles. The highest BCUT2D eigenvalue weighted by Crippen LogP contribution is 2.26. The summed E-state index contributed by atoms with van der Waals surface area (Å²) in [6, 6.07) is 10.8. The van der Waals surface area contributed by atoms with Crippen LogP contribution in [0, 0.1) is 0 Å². The van der Waals surface area contributed by atoms with Crippen molar-refractivity contribution in [1.82, 2.24) is 25.2 Å². The zero-order chi connectivity index (χ0) is 14.5. The average molecular weight is 285 g/mol. The van der Waals surface area contributed by atoms with Gasteiger partial charge in [0.15, 0.2) is 0 Å². The van der Waals surface area contributed by atoms with E-state index in [1.54, 1.807) is 0 Å². The molecule has 112 valence electrons. The quantitative estimate of drug-likeness (QED) is 0.873. The van der Waals surface area contributed by atoms with Crippen LogP contribution >= 0.6 is 0 Å². The van der Waals surface area contributed by atoms with Crippen LogP contribution in [0.5, 0.6) is 0 Å². The van der Waals surface area contributed by atoms with E-state index in [2.05, 4.69) is 50.9 Å². The first-order valence-electron chi connectivity index (χ1n) is 7.66. The fourth-order valence-corrected chi connectivity index (χ4v) is 2.99. The molecule has 1 aromatic carbocycles. The summed E-state index contributed by atoms with van der Waals surface area (Å²) in [6.07, 6.45) is 3.29. The van der Waals surface area contributed by atoms with Crippen molar-refractivity contribution >= 4 is 0 Å². The molecule has 5 heteroatoms. The van der Waals surface area contributed by atoms with E-state index in [4.69, 9.17) is 0 Å². The molecular formula is C16H23N5. The van der Waals surface area contributed by atoms with E-state index < -0.39 is 0 Å². The highest BCUT2D eigenvalue weighted by atomic mass is 15.4. The molecule has 1 unspecified atom stereocenters. The molecule has 0 radical (unpaired) electrons. The predicted molar refractivity (Wildman–Crippen MR) is 83.0 cm³/mol. The standard InChI is InChI=1S/C16H23N5/c1-17-11-16-13-21(19-18-16)10-9-20-8-7-15(12-20)14-5-3-2-4-6-14/h2-6,13,15,17H,7-12H2,1H3. The molecule has 1 saturated heterocycles. The topological polar surface area (TPSA) is 46.0 Å². The molecule has 0 bridgehead atoms. The Morgan fingerprint density at radius 1 is 1.24 bits per heavy atom. The smallest absolute Gasteiger partial charge is 0.0964 e. The van der Waals surface area contributed by atoms with Crippen molar-refractivity contribution in [3.8, 4) is 0 Å². The number of nitrogens with zero attached hydrogens (tertiary/aromatic N) is 4. The van der Waals surface area contributed by atoms with Gasteiger partial charge in [0.05, 0.1) is 12.2 Å². The van der Waals surface area contributed by atoms with E-state index in [1.807, 2.05) is 17.9 Å². The van der Waals surface area contributed by atoms with E-state index >= 15 is 0 Å². The van der Waals surface area contributed by atoms with E-state index in [-0.39, 0.29) is 0 Å². The third kappa shape index (κ3) is 3.68. The lowest BCUT2D eigenvalue weighted by Gasteiger charge is -2.15. The monoisotopic (exact) mass is 285 g/mol. The van der Waals surface area contributed by atoms with Crippen LogP contribution in [0.2, 0.25) is 0 Å². The molecule has 1 N–H and O–H groups in total. The van der Waals surface area contributed by atoms with E-state index in [9.17, 15) is 0 Å². The number of benzene rings is 1. The summed E-state index contributed by atoms with van der Waals surface area (Å²) < 4.78 is 1.95. The SMILES string of the molecule is CNCc1cn(CCN2CCC(c3ccccc3)C2)nn1. The van der Waals surface area contributed by atoms with Crippen LogP contribution in [-0.4, -0.2) is 46.6 Å². The maximum atomic E-state index is 4.17. The highest BCUT2D eigenvalue weighted by molar-refractivity contribution is 5.20. The Hall–Kier alpha value is -1.72. The van der Waals surface area contributed by atoms with Gasteiger partial charge in [-0.3, -0.25) is 4.68 Å². The van der Waals surface area contributed by atoms with Crippen molar-refractivity contribution in [3.63, 3.8) is 0 Å². The highest BCUT2D eigenvalue weighted by Gasteiger charge is 2.23. The second-order valence-electron chi connectivity index (χ2n) is 5.70. The number of nitrogens with one attached hydrogen (secondary N) is 1. The van der Waals surface area contributed by atoms with Gasteiger partial charge in [-0.15, -0.1) is 5.10 Å². The molecule has 1 atom stereocenters. The van der Waals surface area contributed by atoms with Crippen molar-refractivity contribution < 1.29 is 0 Å². The average Bonchev–Trinajstić information content (AvgIpc) is 3.16. The van der Waals surface area contributed by atoms with Crippen molar-refractivity contribution in [2.24, 2.45) is 0 Å². The minimum atomic E-state index is 0.682. The summed E-state index contributed by atoms with van der Waals surface area (Å²) in [5, 5.41) is 11.4. The lowest BCUT2D eigenvalue weighted by molar-refractivity contribution is 0.310. The molecule has 0 spiro atoms. The van der Waals surface area contributed by atoms with Crippen LogP contribution in [0.4, 0.5) is 0 Å². The van der Waals surface area contributed by atoms with Gasteiger partial charge in [-0.2, -0.15) is 0 Å². The Labute approximate surface area is 126 Å². The molecule has 1 fully saturated rings. The zero-order valence-corrected chi connectivity index (χ0v) is 12.6. The fourth-order valence-electron chi connectivity index (χ4n) is 2.99. The third-order valence-electron chi connectivity index (χ3n) is 4.13. The molecule has 1 aliphatic rings. The normalized spacial score (nSPS) is 19.2. The molecule has 0 amide bonds. The third-order valence-corrected chi connectivity index (χ3v) is 4.13. The minimum Gasteiger partial charge on any atom is -0.314 e. The molecular weight excluding hydrogens is 262 g/mol. The summed E-state index contributed by atoms with van der Waals surface area (Å²) >= 11 is 0. The second-order valence-corrected chi connectivity index (χ2v) is 5.70. The van der Waals surface area contributed by atoms with Crippen LogP contribution in [0.3, 0.4) is 0 Å². The molecule has 1 aliphatic heterocycles. The van der Waals surface area contributed by atoms with Crippen LogP contribution in [-0.2, 0) is 13.1 Å². The van der Waals surface area contributed by atoms with Crippen molar-refractivity contribution in [1.29, 1.82) is 0 Å². The lowest BCUT2D eigenvalue weighted by Crippen LogP contribution is -2.25. The number of hydrogen-bond acceptors (Lipinski definition) is 4. The first-order chi connectivity index (χ1) is 10.3. The van der Waals surface area contributed by atoms with Gasteiger partial charge >= 0.3 is 0 Å². The molecule has 5 nitrogen and oxygen atoms in total. The number of likely N-dealkylation sites (tertiary alicyclic amines) is 1. The Bertz CT molecular complexity index is 551. The maximum Gasteiger partial charge on any atom is 0.0964 e. The molecule has 2 aromatic rings. The van der Waals surface area contributed by atoms with Crippen LogP contribution in [0.25, 0.3) is 0 Å². The van der Waals surface area contributed by atoms with E-state index in [1.165, 1.54) is 18.5 Å². The van der Waals surface area contributed by atoms with Gasteiger partial charge in [0, 0.05) is 25.8 Å². The summed E-state index contributed by atoms with van der Waals surface area (Å²) in [7, 11) is 1.92. The largest absolute Gasteiger partial charge is 0.314 e. The van der Waals surface area contributed by atoms with Crippen LogP contribution in [0.1, 0.15) is 23.6 Å². The summed E-state index contributed by atoms with van der Waals surface area (Å²) in [6.45, 7) is 5.07.